The first-order valence-corrected chi connectivity index (χ1v) is 17.7. The molecule has 7 atom stereocenters. The highest BCUT2D eigenvalue weighted by Crippen LogP contribution is 2.48. The topological polar surface area (TPSA) is 209 Å². The number of nitrogens with two attached hydrogens (primary N) is 1. The molecule has 2 fully saturated rings. The number of aromatic nitrogens is 3. The zero-order chi connectivity index (χ0) is 34.6. The summed E-state index contributed by atoms with van der Waals surface area (Å²) in [4.78, 5) is 29.7. The average Bonchev–Trinajstić information content (AvgIpc) is 3.59. The Hall–Kier alpha value is -3.43. The third-order valence-electron chi connectivity index (χ3n) is 8.72. The van der Waals surface area contributed by atoms with Crippen LogP contribution in [0.2, 0.25) is 0 Å². The van der Waals surface area contributed by atoms with Crippen molar-refractivity contribution in [3.63, 3.8) is 0 Å². The summed E-state index contributed by atoms with van der Waals surface area (Å²) in [6.45, 7) is 6.16. The Kier molecular flexibility index (Phi) is 11.2. The number of para-hydroxylation sites is 1. The van der Waals surface area contributed by atoms with Crippen LogP contribution in [0.25, 0.3) is 5.52 Å². The second-order valence-corrected chi connectivity index (χ2v) is 14.6. The minimum Gasteiger partial charge on any atom is -0.461 e. The Morgan fingerprint density at radius 3 is 2.52 bits per heavy atom. The maximum Gasteiger partial charge on any atom is 0.459 e. The normalized spacial score (nSPS) is 25.8. The summed E-state index contributed by atoms with van der Waals surface area (Å²) < 4.78 is 39.0. The molecule has 0 radical (unpaired) electrons. The summed E-state index contributed by atoms with van der Waals surface area (Å²) in [5.41, 5.74) is 5.16. The van der Waals surface area contributed by atoms with E-state index >= 15 is 0 Å². The van der Waals surface area contributed by atoms with Crippen molar-refractivity contribution in [3.05, 3.63) is 54.5 Å². The molecular formula is C32H45N6O9P. The van der Waals surface area contributed by atoms with E-state index in [0.717, 1.165) is 32.1 Å². The maximum atomic E-state index is 14.1. The first-order valence-electron chi connectivity index (χ1n) is 16.2. The maximum absolute atomic E-state index is 14.1. The van der Waals surface area contributed by atoms with E-state index in [9.17, 15) is 24.4 Å². The number of benzene rings is 1. The van der Waals surface area contributed by atoms with Crippen molar-refractivity contribution in [1.29, 1.82) is 0 Å². The number of hydrogen-bond donors (Lipinski definition) is 5. The fraction of sp³-hybridized carbons (Fsp3) is 0.562. The highest BCUT2D eigenvalue weighted by molar-refractivity contribution is 7.52. The Bertz CT molecular complexity index is 1620. The number of carbonyl (C=O) groups excluding carboxylic acids is 2. The van der Waals surface area contributed by atoms with E-state index in [1.54, 1.807) is 42.5 Å². The third kappa shape index (κ3) is 8.05. The van der Waals surface area contributed by atoms with Crippen LogP contribution >= 0.6 is 7.75 Å². The number of amides is 1. The van der Waals surface area contributed by atoms with Crippen molar-refractivity contribution < 1.29 is 42.9 Å². The molecule has 2 aliphatic rings. The van der Waals surface area contributed by atoms with Gasteiger partial charge in [-0.05, 0) is 69.7 Å². The highest BCUT2D eigenvalue weighted by Gasteiger charge is 2.54. The molecule has 48 heavy (non-hydrogen) atoms. The first-order chi connectivity index (χ1) is 22.8. The van der Waals surface area contributed by atoms with Gasteiger partial charge in [-0.2, -0.15) is 10.2 Å². The van der Waals surface area contributed by atoms with Crippen molar-refractivity contribution in [2.45, 2.75) is 102 Å². The van der Waals surface area contributed by atoms with Gasteiger partial charge in [-0.25, -0.2) is 14.1 Å². The molecule has 1 aliphatic carbocycles. The summed E-state index contributed by atoms with van der Waals surface area (Å²) in [5, 5.41) is 32.0. The van der Waals surface area contributed by atoms with Gasteiger partial charge in [0.25, 0.3) is 0 Å². The summed E-state index contributed by atoms with van der Waals surface area (Å²) in [5.74, 6) is -0.690. The van der Waals surface area contributed by atoms with Gasteiger partial charge in [-0.1, -0.05) is 38.5 Å². The molecule has 0 unspecified atom stereocenters. The van der Waals surface area contributed by atoms with Crippen molar-refractivity contribution in [2.75, 3.05) is 11.9 Å². The molecule has 1 amide bonds. The molecule has 2 aromatic heterocycles. The van der Waals surface area contributed by atoms with E-state index < -0.39 is 62.2 Å². The predicted molar refractivity (Wildman–Crippen MR) is 175 cm³/mol. The summed E-state index contributed by atoms with van der Waals surface area (Å²) >= 11 is 0. The van der Waals surface area contributed by atoms with Gasteiger partial charge < -0.3 is 35.3 Å². The van der Waals surface area contributed by atoms with Crippen molar-refractivity contribution in [1.82, 2.24) is 19.7 Å². The van der Waals surface area contributed by atoms with Gasteiger partial charge >= 0.3 is 13.7 Å². The Morgan fingerprint density at radius 1 is 1.12 bits per heavy atom. The molecule has 1 saturated heterocycles. The number of esters is 1. The lowest BCUT2D eigenvalue weighted by Crippen LogP contribution is -2.45. The van der Waals surface area contributed by atoms with Crippen LogP contribution in [0.5, 0.6) is 5.75 Å². The fourth-order valence-electron chi connectivity index (χ4n) is 5.74. The predicted octanol–water partition coefficient (Wildman–Crippen LogP) is 3.26. The number of hydrogen-bond acceptors (Lipinski definition) is 12. The van der Waals surface area contributed by atoms with Crippen LogP contribution in [0.3, 0.4) is 0 Å². The zero-order valence-corrected chi connectivity index (χ0v) is 28.4. The number of rotatable bonds is 13. The van der Waals surface area contributed by atoms with Crippen molar-refractivity contribution >= 4 is 31.0 Å². The molecule has 3 heterocycles. The largest absolute Gasteiger partial charge is 0.461 e. The molecule has 6 N–H and O–H groups in total. The van der Waals surface area contributed by atoms with Crippen molar-refractivity contribution in [2.24, 2.45) is 11.7 Å². The molecule has 16 heteroatoms. The van der Waals surface area contributed by atoms with E-state index in [4.69, 9.17) is 24.3 Å². The number of aliphatic hydroxyl groups excluding tert-OH is 2. The van der Waals surface area contributed by atoms with E-state index in [2.05, 4.69) is 20.5 Å². The van der Waals surface area contributed by atoms with Gasteiger partial charge in [0.15, 0.2) is 5.82 Å². The molecule has 1 aromatic carbocycles. The Morgan fingerprint density at radius 2 is 1.83 bits per heavy atom. The lowest BCUT2D eigenvalue weighted by atomic mass is 9.97. The monoisotopic (exact) mass is 688 g/mol. The van der Waals surface area contributed by atoms with Gasteiger partial charge in [0, 0.05) is 0 Å². The quantitative estimate of drug-likeness (QED) is 0.129. The zero-order valence-electron chi connectivity index (χ0n) is 27.5. The molecule has 0 bridgehead atoms. The average molecular weight is 689 g/mol. The molecule has 0 spiro atoms. The second kappa shape index (κ2) is 15.0. The molecule has 262 valence electrons. The number of nitrogens with one attached hydrogen (secondary N) is 2. The van der Waals surface area contributed by atoms with Gasteiger partial charge in [0.1, 0.15) is 53.7 Å². The molecule has 1 saturated carbocycles. The van der Waals surface area contributed by atoms with E-state index in [1.165, 1.54) is 24.7 Å². The minimum atomic E-state index is -4.30. The summed E-state index contributed by atoms with van der Waals surface area (Å²) in [6, 6.07) is 9.75. The molecule has 5 rings (SSSR count). The smallest absolute Gasteiger partial charge is 0.459 e. The van der Waals surface area contributed by atoms with Crippen LogP contribution in [0.1, 0.15) is 71.6 Å². The van der Waals surface area contributed by atoms with Crippen LogP contribution in [0.15, 0.2) is 48.8 Å². The molecular weight excluding hydrogens is 643 g/mol. The van der Waals surface area contributed by atoms with E-state index in [0.29, 0.717) is 11.2 Å². The van der Waals surface area contributed by atoms with Gasteiger partial charge in [0.05, 0.1) is 18.3 Å². The summed E-state index contributed by atoms with van der Waals surface area (Å²) in [7, 11) is -4.30. The van der Waals surface area contributed by atoms with Gasteiger partial charge in [-0.15, -0.1) is 0 Å². The van der Waals surface area contributed by atoms with Gasteiger partial charge in [0.2, 0.25) is 5.91 Å². The number of carbonyl (C=O) groups is 2. The number of fused-ring (bicyclic) bond motifs is 1. The molecule has 3 aromatic rings. The summed E-state index contributed by atoms with van der Waals surface area (Å²) in [6.07, 6.45) is 1.56. The second-order valence-electron chi connectivity index (χ2n) is 12.9. The van der Waals surface area contributed by atoms with E-state index in [-0.39, 0.29) is 23.6 Å². The number of nitrogens with zero attached hydrogens (tertiary/aromatic N) is 3. The third-order valence-corrected chi connectivity index (χ3v) is 10.3. The van der Waals surface area contributed by atoms with Crippen LogP contribution in [-0.2, 0) is 28.2 Å². The Balaban J connectivity index is 1.32. The molecule has 15 nitrogen and oxygen atoms in total. The number of aliphatic hydroxyl groups is 2. The minimum absolute atomic E-state index is 0.101. The Labute approximate surface area is 279 Å². The van der Waals surface area contributed by atoms with Crippen LogP contribution in [0.4, 0.5) is 5.82 Å². The van der Waals surface area contributed by atoms with Crippen LogP contribution in [-0.4, -0.2) is 79.3 Å². The number of ether oxygens (including phenoxy) is 2. The molecule has 1 aliphatic heterocycles. The lowest BCUT2D eigenvalue weighted by Gasteiger charge is -2.30. The first kappa shape index (κ1) is 35.9. The van der Waals surface area contributed by atoms with Crippen LogP contribution in [0, 0.1) is 5.92 Å². The fourth-order valence-corrected chi connectivity index (χ4v) is 7.33. The van der Waals surface area contributed by atoms with Crippen molar-refractivity contribution in [3.8, 4) is 5.75 Å². The van der Waals surface area contributed by atoms with Crippen LogP contribution < -0.4 is 20.7 Å². The number of anilines is 1. The lowest BCUT2D eigenvalue weighted by molar-refractivity contribution is -0.152. The standard InChI is InChI=1S/C32H45N6O9P/c1-19(2)25(33)30(41)36-29-24-16-15-23(38(24)35-18-34-29)27-26(39)28(40)32(4,46-27)17-44-48(43,47-22-13-9-6-10-14-22)37-20(3)31(42)45-21-11-7-5-8-12-21/h6,9-10,13-16,18-21,25-28,39-40H,5,7-8,11-12,17,33H2,1-4H3,(H,37,43)(H,34,35,36,41)/t20-,25-,26-,27-,28-,32+,48-/m0/s1. The van der Waals surface area contributed by atoms with E-state index in [1.807, 2.05) is 13.8 Å². The SMILES string of the molecule is CC(C)[C@H](N)C(=O)Nc1ncnn2c([C@@H]3O[C@](C)(CO[P@@](=O)(N[C@@H](C)C(=O)OC4CCCCC4)Oc4ccccc4)[C@@H](O)[C@H]3O)ccc12. The van der Waals surface area contributed by atoms with Gasteiger partial charge in [-0.3, -0.25) is 14.1 Å². The highest BCUT2D eigenvalue weighted by atomic mass is 31.2.